The lowest BCUT2D eigenvalue weighted by Gasteiger charge is -2.57. The van der Waals surface area contributed by atoms with Crippen LogP contribution in [0.15, 0.2) is 30.3 Å². The van der Waals surface area contributed by atoms with Gasteiger partial charge >= 0.3 is 5.97 Å². The molecule has 3 atom stereocenters. The Hall–Kier alpha value is -1.17. The van der Waals surface area contributed by atoms with E-state index < -0.39 is 37.5 Å². The van der Waals surface area contributed by atoms with Crippen LogP contribution in [0.2, 0.25) is 13.1 Å². The first-order valence-electron chi connectivity index (χ1n) is 16.6. The van der Waals surface area contributed by atoms with Crippen LogP contribution in [0.25, 0.3) is 0 Å². The molecule has 2 N–H and O–H groups in total. The lowest BCUT2D eigenvalue weighted by atomic mass is 9.51. The van der Waals surface area contributed by atoms with Crippen molar-refractivity contribution >= 4 is 15.0 Å². The molecule has 0 heterocycles. The number of rotatable bonds is 23. The number of carbonyl (C=O) groups is 1. The summed E-state index contributed by atoms with van der Waals surface area (Å²) in [7, 11) is -1.74. The minimum atomic E-state index is -1.74. The highest BCUT2D eigenvalue weighted by Gasteiger charge is 2.62. The molecule has 0 amide bonds. The molecule has 1 rings (SSSR count). The number of aliphatic hydroxyl groups is 1. The molecule has 0 aliphatic rings. The van der Waals surface area contributed by atoms with Gasteiger partial charge in [-0.05, 0) is 56.2 Å². The Morgan fingerprint density at radius 1 is 0.825 bits per heavy atom. The summed E-state index contributed by atoms with van der Waals surface area (Å²) in [5.74, 6) is -0.855. The second kappa shape index (κ2) is 19.1. The fraction of sp³-hybridized carbons (Fsp3) is 0.800. The van der Waals surface area contributed by atoms with Gasteiger partial charge < -0.3 is 14.6 Å². The topological polar surface area (TPSA) is 66.8 Å². The average Bonchev–Trinajstić information content (AvgIpc) is 2.88. The van der Waals surface area contributed by atoms with Gasteiger partial charge in [-0.25, -0.2) is 4.79 Å². The Balaban J connectivity index is 3.29. The van der Waals surface area contributed by atoms with Gasteiger partial charge in [0.1, 0.15) is 0 Å². The number of aliphatic hydroxyl groups excluding tert-OH is 1. The second-order valence-corrected chi connectivity index (χ2v) is 15.9. The predicted molar refractivity (Wildman–Crippen MR) is 174 cm³/mol. The number of aliphatic carboxylic acids is 1. The molecule has 0 saturated carbocycles. The van der Waals surface area contributed by atoms with Gasteiger partial charge in [-0.3, -0.25) is 0 Å². The van der Waals surface area contributed by atoms with Gasteiger partial charge in [0.15, 0.2) is 14.6 Å². The van der Waals surface area contributed by atoms with Gasteiger partial charge in [0, 0.05) is 5.41 Å². The second-order valence-electron chi connectivity index (χ2n) is 13.6. The third-order valence-electron chi connectivity index (χ3n) is 8.95. The fourth-order valence-electron chi connectivity index (χ4n) is 6.67. The van der Waals surface area contributed by atoms with E-state index in [0.29, 0.717) is 25.7 Å². The SMILES string of the molecule is CCCCCCCCCCC[C@@H](O)C[C@@](Cc1ccccc1)(C(C)(C)C)[C@](CCCCCC)(O[SiH](C)C)C(=O)O. The van der Waals surface area contributed by atoms with Crippen molar-refractivity contribution in [3.8, 4) is 0 Å². The van der Waals surface area contributed by atoms with E-state index in [2.05, 4.69) is 59.8 Å². The van der Waals surface area contributed by atoms with Gasteiger partial charge in [0.2, 0.25) is 0 Å². The lowest BCUT2D eigenvalue weighted by molar-refractivity contribution is -0.193. The summed E-state index contributed by atoms with van der Waals surface area (Å²) in [5, 5.41) is 22.7. The molecule has 0 fully saturated rings. The van der Waals surface area contributed by atoms with Crippen molar-refractivity contribution < 1.29 is 19.4 Å². The molecular weight excluding hydrogens is 512 g/mol. The molecule has 0 saturated heterocycles. The molecule has 1 aromatic rings. The van der Waals surface area contributed by atoms with Crippen LogP contribution in [-0.2, 0) is 15.6 Å². The van der Waals surface area contributed by atoms with E-state index in [1.807, 2.05) is 18.2 Å². The maximum atomic E-state index is 13.5. The Bertz CT molecular complexity index is 790. The average molecular weight is 577 g/mol. The van der Waals surface area contributed by atoms with Crippen molar-refractivity contribution in [2.24, 2.45) is 10.8 Å². The summed E-state index contributed by atoms with van der Waals surface area (Å²) in [6.45, 7) is 15.1. The maximum absolute atomic E-state index is 13.5. The zero-order valence-electron chi connectivity index (χ0n) is 27.3. The molecule has 1 aromatic carbocycles. The Morgan fingerprint density at radius 3 is 1.80 bits per heavy atom. The minimum absolute atomic E-state index is 0.408. The summed E-state index contributed by atoms with van der Waals surface area (Å²) in [4.78, 5) is 13.5. The third-order valence-corrected chi connectivity index (χ3v) is 9.82. The van der Waals surface area contributed by atoms with E-state index >= 15 is 0 Å². The van der Waals surface area contributed by atoms with Crippen molar-refractivity contribution in [3.63, 3.8) is 0 Å². The molecule has 0 bridgehead atoms. The summed E-state index contributed by atoms with van der Waals surface area (Å²) in [6, 6.07) is 10.3. The molecule has 4 nitrogen and oxygen atoms in total. The van der Waals surface area contributed by atoms with Crippen LogP contribution in [0, 0.1) is 10.8 Å². The fourth-order valence-corrected chi connectivity index (χ4v) is 7.92. The molecule has 0 radical (unpaired) electrons. The van der Waals surface area contributed by atoms with E-state index in [4.69, 9.17) is 4.43 Å². The molecule has 5 heteroatoms. The van der Waals surface area contributed by atoms with Gasteiger partial charge in [-0.1, -0.05) is 142 Å². The standard InChI is InChI=1S/C35H64O4Si/c1-8-10-12-14-15-16-17-18-22-26-31(36)29-34(33(3,4)5,28-30-24-20-19-21-25-30)35(32(37)38,39-40(6)7)27-23-13-11-9-2/h19-21,24-25,31,36,40H,8-18,22-23,26-29H2,1-7H3,(H,37,38)/t31-,34+,35-/m1/s1. The van der Waals surface area contributed by atoms with Crippen LogP contribution >= 0.6 is 0 Å². The molecule has 0 unspecified atom stereocenters. The molecule has 0 aromatic heterocycles. The molecule has 0 spiro atoms. The smallest absolute Gasteiger partial charge is 0.335 e. The first-order chi connectivity index (χ1) is 19.0. The summed E-state index contributed by atoms with van der Waals surface area (Å²) >= 11 is 0. The first kappa shape index (κ1) is 36.9. The van der Waals surface area contributed by atoms with E-state index in [-0.39, 0.29) is 0 Å². The van der Waals surface area contributed by atoms with Crippen LogP contribution in [0.5, 0.6) is 0 Å². The third kappa shape index (κ3) is 11.6. The van der Waals surface area contributed by atoms with Crippen molar-refractivity contribution in [2.75, 3.05) is 0 Å². The summed E-state index contributed by atoms with van der Waals surface area (Å²) in [5.41, 5.74) is -1.40. The van der Waals surface area contributed by atoms with Crippen LogP contribution in [0.3, 0.4) is 0 Å². The van der Waals surface area contributed by atoms with E-state index in [9.17, 15) is 15.0 Å². The Labute approximate surface area is 249 Å². The van der Waals surface area contributed by atoms with Gasteiger partial charge in [0.25, 0.3) is 0 Å². The first-order valence-corrected chi connectivity index (χ1v) is 19.4. The van der Waals surface area contributed by atoms with Crippen molar-refractivity contribution in [1.29, 1.82) is 0 Å². The monoisotopic (exact) mass is 576 g/mol. The number of carboxylic acid groups (broad SMARTS) is 1. The van der Waals surface area contributed by atoms with E-state index in [0.717, 1.165) is 44.1 Å². The van der Waals surface area contributed by atoms with E-state index in [1.54, 1.807) is 0 Å². The van der Waals surface area contributed by atoms with Gasteiger partial charge in [-0.2, -0.15) is 0 Å². The summed E-state index contributed by atoms with van der Waals surface area (Å²) < 4.78 is 6.77. The quantitative estimate of drug-likeness (QED) is 0.100. The number of unbranched alkanes of at least 4 members (excludes halogenated alkanes) is 11. The van der Waals surface area contributed by atoms with Crippen molar-refractivity contribution in [3.05, 3.63) is 35.9 Å². The normalized spacial score (nSPS) is 16.0. The number of hydrogen-bond acceptors (Lipinski definition) is 3. The van der Waals surface area contributed by atoms with Crippen LogP contribution in [-0.4, -0.2) is 36.9 Å². The Kier molecular flexibility index (Phi) is 17.6. The molecule has 232 valence electrons. The van der Waals surface area contributed by atoms with E-state index in [1.165, 1.54) is 44.9 Å². The number of carboxylic acids is 1. The molecule has 0 aliphatic heterocycles. The van der Waals surface area contributed by atoms with Gasteiger partial charge in [0.05, 0.1) is 6.10 Å². The minimum Gasteiger partial charge on any atom is -0.479 e. The zero-order chi connectivity index (χ0) is 30.1. The highest BCUT2D eigenvalue weighted by molar-refractivity contribution is 6.48. The Morgan fingerprint density at radius 2 is 1.32 bits per heavy atom. The zero-order valence-corrected chi connectivity index (χ0v) is 28.4. The van der Waals surface area contributed by atoms with Gasteiger partial charge in [-0.15, -0.1) is 0 Å². The highest BCUT2D eigenvalue weighted by atomic mass is 28.3. The maximum Gasteiger partial charge on any atom is 0.335 e. The van der Waals surface area contributed by atoms with Crippen LogP contribution in [0.4, 0.5) is 0 Å². The number of hydrogen-bond donors (Lipinski definition) is 2. The molecule has 0 aliphatic carbocycles. The molecular formula is C35H64O4Si. The number of benzene rings is 1. The van der Waals surface area contributed by atoms with Crippen LogP contribution < -0.4 is 0 Å². The predicted octanol–water partition coefficient (Wildman–Crippen LogP) is 9.73. The lowest BCUT2D eigenvalue weighted by Crippen LogP contribution is -2.64. The highest BCUT2D eigenvalue weighted by Crippen LogP contribution is 2.56. The van der Waals surface area contributed by atoms with Crippen LogP contribution in [0.1, 0.15) is 143 Å². The molecule has 40 heavy (non-hydrogen) atoms. The van der Waals surface area contributed by atoms with Crippen molar-refractivity contribution in [2.45, 2.75) is 169 Å². The summed E-state index contributed by atoms with van der Waals surface area (Å²) in [6.07, 6.45) is 16.9. The van der Waals surface area contributed by atoms with Crippen molar-refractivity contribution in [1.82, 2.24) is 0 Å². The largest absolute Gasteiger partial charge is 0.479 e.